The molecule has 0 saturated heterocycles. The van der Waals surface area contributed by atoms with Crippen LogP contribution in [0, 0.1) is 0 Å². The van der Waals surface area contributed by atoms with Gasteiger partial charge in [-0.15, -0.1) is 0 Å². The number of carbonyl (C=O) groups is 1. The van der Waals surface area contributed by atoms with Gasteiger partial charge in [0, 0.05) is 12.6 Å². The number of alkyl halides is 3. The van der Waals surface area contributed by atoms with Gasteiger partial charge < -0.3 is 10.6 Å². The minimum Gasteiger partial charge on any atom is -0.397 e. The number of rotatable bonds is 2. The maximum Gasteiger partial charge on any atom is 0.406 e. The van der Waals surface area contributed by atoms with Gasteiger partial charge in [-0.05, 0) is 12.1 Å². The van der Waals surface area contributed by atoms with E-state index in [9.17, 15) is 18.0 Å². The summed E-state index contributed by atoms with van der Waals surface area (Å²) in [5, 5.41) is 0.0760. The van der Waals surface area contributed by atoms with E-state index in [4.69, 9.17) is 28.9 Å². The van der Waals surface area contributed by atoms with Crippen LogP contribution < -0.4 is 5.73 Å². The van der Waals surface area contributed by atoms with Crippen molar-refractivity contribution in [3.8, 4) is 0 Å². The first kappa shape index (κ1) is 14.9. The van der Waals surface area contributed by atoms with Crippen molar-refractivity contribution >= 4 is 34.8 Å². The first-order chi connectivity index (χ1) is 8.11. The molecule has 0 heterocycles. The molecule has 0 atom stereocenters. The van der Waals surface area contributed by atoms with Crippen LogP contribution in [0.15, 0.2) is 12.1 Å². The van der Waals surface area contributed by atoms with Gasteiger partial charge in [0.25, 0.3) is 5.91 Å². The highest BCUT2D eigenvalue weighted by Gasteiger charge is 2.31. The van der Waals surface area contributed by atoms with E-state index in [1.165, 1.54) is 12.1 Å². The lowest BCUT2D eigenvalue weighted by molar-refractivity contribution is -0.138. The number of nitrogens with zero attached hydrogens (tertiary/aromatic N) is 1. The Bertz CT molecular complexity index is 454. The van der Waals surface area contributed by atoms with E-state index in [-0.39, 0.29) is 21.3 Å². The Kier molecular flexibility index (Phi) is 4.34. The second-order valence-electron chi connectivity index (χ2n) is 3.64. The Morgan fingerprint density at radius 3 is 2.39 bits per heavy atom. The van der Waals surface area contributed by atoms with Crippen LogP contribution in [-0.2, 0) is 0 Å². The quantitative estimate of drug-likeness (QED) is 0.853. The topological polar surface area (TPSA) is 46.3 Å². The molecule has 18 heavy (non-hydrogen) atoms. The van der Waals surface area contributed by atoms with E-state index in [1.807, 2.05) is 0 Å². The van der Waals surface area contributed by atoms with Gasteiger partial charge in [-0.3, -0.25) is 4.79 Å². The largest absolute Gasteiger partial charge is 0.406 e. The van der Waals surface area contributed by atoms with Gasteiger partial charge in [-0.2, -0.15) is 13.2 Å². The molecule has 2 N–H and O–H groups in total. The van der Waals surface area contributed by atoms with Crippen LogP contribution in [0.5, 0.6) is 0 Å². The third-order valence-electron chi connectivity index (χ3n) is 2.07. The fourth-order valence-electron chi connectivity index (χ4n) is 1.29. The average molecular weight is 301 g/mol. The highest BCUT2D eigenvalue weighted by molar-refractivity contribution is 6.43. The molecule has 3 nitrogen and oxygen atoms in total. The van der Waals surface area contributed by atoms with Crippen molar-refractivity contribution in [1.29, 1.82) is 0 Å². The van der Waals surface area contributed by atoms with Crippen molar-refractivity contribution in [2.75, 3.05) is 19.3 Å². The first-order valence-electron chi connectivity index (χ1n) is 4.68. The maximum atomic E-state index is 12.1. The molecule has 0 spiro atoms. The van der Waals surface area contributed by atoms with Crippen molar-refractivity contribution in [3.63, 3.8) is 0 Å². The van der Waals surface area contributed by atoms with E-state index < -0.39 is 18.6 Å². The van der Waals surface area contributed by atoms with Gasteiger partial charge in [0.05, 0.1) is 15.7 Å². The van der Waals surface area contributed by atoms with Crippen molar-refractivity contribution in [1.82, 2.24) is 4.90 Å². The summed E-state index contributed by atoms with van der Waals surface area (Å²) in [6.45, 7) is -1.36. The number of halogens is 5. The molecule has 0 radical (unpaired) electrons. The molecular weight excluding hydrogens is 292 g/mol. The smallest absolute Gasteiger partial charge is 0.397 e. The zero-order valence-electron chi connectivity index (χ0n) is 9.18. The Labute approximate surface area is 111 Å². The summed E-state index contributed by atoms with van der Waals surface area (Å²) in [5.41, 5.74) is 5.46. The second-order valence-corrected chi connectivity index (χ2v) is 4.42. The molecule has 0 aromatic heterocycles. The maximum absolute atomic E-state index is 12.1. The van der Waals surface area contributed by atoms with Crippen LogP contribution >= 0.6 is 23.2 Å². The van der Waals surface area contributed by atoms with Gasteiger partial charge >= 0.3 is 6.18 Å². The molecule has 8 heteroatoms. The lowest BCUT2D eigenvalue weighted by Gasteiger charge is -2.19. The molecule has 1 aromatic carbocycles. The predicted octanol–water partition coefficient (Wildman–Crippen LogP) is 3.21. The summed E-state index contributed by atoms with van der Waals surface area (Å²) in [4.78, 5) is 12.2. The molecule has 0 aliphatic carbocycles. The number of anilines is 1. The molecule has 0 fully saturated rings. The van der Waals surface area contributed by atoms with Crippen LogP contribution in [0.2, 0.25) is 10.0 Å². The van der Waals surface area contributed by atoms with Crippen LogP contribution in [0.1, 0.15) is 10.4 Å². The number of carbonyl (C=O) groups excluding carboxylic acids is 1. The molecule has 0 aliphatic rings. The number of nitrogen functional groups attached to an aromatic ring is 1. The van der Waals surface area contributed by atoms with E-state index >= 15 is 0 Å². The highest BCUT2D eigenvalue weighted by Crippen LogP contribution is 2.30. The van der Waals surface area contributed by atoms with Gasteiger partial charge in [0.2, 0.25) is 0 Å². The van der Waals surface area contributed by atoms with Gasteiger partial charge in [-0.1, -0.05) is 23.2 Å². The van der Waals surface area contributed by atoms with Crippen LogP contribution in [0.3, 0.4) is 0 Å². The Morgan fingerprint density at radius 1 is 1.39 bits per heavy atom. The third-order valence-corrected chi connectivity index (χ3v) is 2.88. The Balaban J connectivity index is 2.98. The molecule has 1 rings (SSSR count). The van der Waals surface area contributed by atoms with Crippen molar-refractivity contribution in [3.05, 3.63) is 27.7 Å². The summed E-state index contributed by atoms with van der Waals surface area (Å²) < 4.78 is 36.4. The molecule has 0 aliphatic heterocycles. The normalized spacial score (nSPS) is 11.4. The highest BCUT2D eigenvalue weighted by atomic mass is 35.5. The third kappa shape index (κ3) is 3.68. The predicted molar refractivity (Wildman–Crippen MR) is 63.9 cm³/mol. The zero-order valence-corrected chi connectivity index (χ0v) is 10.7. The van der Waals surface area contributed by atoms with E-state index in [0.29, 0.717) is 4.90 Å². The number of nitrogens with two attached hydrogens (primary N) is 1. The Morgan fingerprint density at radius 2 is 1.94 bits per heavy atom. The number of benzene rings is 1. The van der Waals surface area contributed by atoms with E-state index in [0.717, 1.165) is 7.05 Å². The van der Waals surface area contributed by atoms with Crippen LogP contribution in [0.25, 0.3) is 0 Å². The summed E-state index contributed by atoms with van der Waals surface area (Å²) >= 11 is 11.4. The van der Waals surface area contributed by atoms with Crippen molar-refractivity contribution < 1.29 is 18.0 Å². The van der Waals surface area contributed by atoms with Crippen molar-refractivity contribution in [2.24, 2.45) is 0 Å². The van der Waals surface area contributed by atoms with Crippen LogP contribution in [0.4, 0.5) is 18.9 Å². The Hall–Kier alpha value is -1.14. The fraction of sp³-hybridized carbons (Fsp3) is 0.300. The summed E-state index contributed by atoms with van der Waals surface area (Å²) in [5.74, 6) is -0.836. The summed E-state index contributed by atoms with van der Waals surface area (Å²) in [6.07, 6.45) is -4.47. The fourth-order valence-corrected chi connectivity index (χ4v) is 1.63. The zero-order chi connectivity index (χ0) is 14.1. The second kappa shape index (κ2) is 5.24. The molecule has 0 unspecified atom stereocenters. The average Bonchev–Trinajstić information content (AvgIpc) is 2.21. The van der Waals surface area contributed by atoms with Gasteiger partial charge in [0.15, 0.2) is 0 Å². The van der Waals surface area contributed by atoms with E-state index in [2.05, 4.69) is 0 Å². The SMILES string of the molecule is CN(CC(F)(F)F)C(=O)c1cc(N)c(Cl)c(Cl)c1. The number of amides is 1. The molecule has 1 aromatic rings. The molecule has 1 amide bonds. The van der Waals surface area contributed by atoms with E-state index in [1.54, 1.807) is 0 Å². The first-order valence-corrected chi connectivity index (χ1v) is 5.44. The molecule has 0 bridgehead atoms. The van der Waals surface area contributed by atoms with Gasteiger partial charge in [0.1, 0.15) is 6.54 Å². The van der Waals surface area contributed by atoms with Gasteiger partial charge in [-0.25, -0.2) is 0 Å². The standard InChI is InChI=1S/C10H9Cl2F3N2O/c1-17(4-10(13,14)15)9(18)5-2-6(11)8(12)7(16)3-5/h2-3H,4,16H2,1H3. The molecular formula is C10H9Cl2F3N2O. The molecule has 100 valence electrons. The number of hydrogen-bond donors (Lipinski definition) is 1. The minimum atomic E-state index is -4.47. The lowest BCUT2D eigenvalue weighted by Crippen LogP contribution is -2.35. The molecule has 0 saturated carbocycles. The summed E-state index contributed by atoms with van der Waals surface area (Å²) in [6, 6.07) is 2.36. The monoisotopic (exact) mass is 300 g/mol. The summed E-state index contributed by atoms with van der Waals surface area (Å²) in [7, 11) is 1.04. The lowest BCUT2D eigenvalue weighted by atomic mass is 10.2. The van der Waals surface area contributed by atoms with Crippen LogP contribution in [-0.4, -0.2) is 30.6 Å². The van der Waals surface area contributed by atoms with Crippen molar-refractivity contribution in [2.45, 2.75) is 6.18 Å². The number of hydrogen-bond acceptors (Lipinski definition) is 2. The minimum absolute atomic E-state index is 0.0143.